The molecule has 6 aromatic carbocycles. The first-order valence-electron chi connectivity index (χ1n) is 19.4. The Morgan fingerprint density at radius 2 is 1.20 bits per heavy atom. The molecule has 0 saturated heterocycles. The molecule has 260 valence electrons. The van der Waals surface area contributed by atoms with Crippen LogP contribution >= 0.6 is 0 Å². The van der Waals surface area contributed by atoms with Gasteiger partial charge in [-0.05, 0) is 104 Å². The number of benzene rings is 6. The fraction of sp³-hybridized carbons (Fsp3) is 0.132. The molecule has 0 saturated carbocycles. The SMILES string of the molecule is CC1(C)c2ccccc2-c2ccc(N(c3ccc4c(c3)-c3ccccc3C4(C3=CC=CC=CC3)c3ccccc3)C3C=CC(c4ccccc4)=CC3)cc21. The molecule has 0 N–H and O–H groups in total. The van der Waals surface area contributed by atoms with Gasteiger partial charge in [-0.15, -0.1) is 0 Å². The van der Waals surface area contributed by atoms with Crippen LogP contribution in [-0.2, 0) is 10.8 Å². The van der Waals surface area contributed by atoms with Crippen LogP contribution in [0, 0.1) is 0 Å². The maximum atomic E-state index is 2.59. The van der Waals surface area contributed by atoms with E-state index < -0.39 is 5.41 Å². The number of rotatable bonds is 6. The number of hydrogen-bond acceptors (Lipinski definition) is 1. The van der Waals surface area contributed by atoms with Crippen molar-refractivity contribution in [2.24, 2.45) is 0 Å². The number of anilines is 2. The molecule has 4 aliphatic rings. The van der Waals surface area contributed by atoms with E-state index in [-0.39, 0.29) is 11.5 Å². The van der Waals surface area contributed by atoms with E-state index >= 15 is 0 Å². The van der Waals surface area contributed by atoms with E-state index in [1.807, 2.05) is 0 Å². The Morgan fingerprint density at radius 3 is 1.98 bits per heavy atom. The van der Waals surface area contributed by atoms with Crippen molar-refractivity contribution in [3.8, 4) is 22.3 Å². The zero-order valence-electron chi connectivity index (χ0n) is 30.9. The van der Waals surface area contributed by atoms with Crippen LogP contribution < -0.4 is 4.90 Å². The van der Waals surface area contributed by atoms with Gasteiger partial charge in [0, 0.05) is 16.8 Å². The van der Waals surface area contributed by atoms with E-state index in [0.29, 0.717) is 0 Å². The highest BCUT2D eigenvalue weighted by atomic mass is 15.2. The first kappa shape index (κ1) is 32.5. The maximum absolute atomic E-state index is 2.59. The van der Waals surface area contributed by atoms with Crippen molar-refractivity contribution in [3.63, 3.8) is 0 Å². The topological polar surface area (TPSA) is 3.24 Å². The lowest BCUT2D eigenvalue weighted by molar-refractivity contribution is 0.659. The summed E-state index contributed by atoms with van der Waals surface area (Å²) in [7, 11) is 0. The Hall–Kier alpha value is -6.18. The van der Waals surface area contributed by atoms with Crippen LogP contribution in [-0.4, -0.2) is 6.04 Å². The van der Waals surface area contributed by atoms with Gasteiger partial charge in [-0.1, -0.05) is 184 Å². The maximum Gasteiger partial charge on any atom is 0.0679 e. The minimum Gasteiger partial charge on any atom is -0.334 e. The van der Waals surface area contributed by atoms with E-state index in [4.69, 9.17) is 0 Å². The summed E-state index contributed by atoms with van der Waals surface area (Å²) in [6.07, 6.45) is 20.2. The van der Waals surface area contributed by atoms with Gasteiger partial charge < -0.3 is 4.90 Å². The molecule has 0 radical (unpaired) electrons. The Balaban J connectivity index is 1.16. The van der Waals surface area contributed by atoms with Gasteiger partial charge in [-0.25, -0.2) is 0 Å². The average molecular weight is 694 g/mol. The third kappa shape index (κ3) is 4.92. The first-order chi connectivity index (χ1) is 26.5. The molecule has 0 bridgehead atoms. The van der Waals surface area contributed by atoms with E-state index in [2.05, 4.69) is 213 Å². The van der Waals surface area contributed by atoms with Gasteiger partial charge >= 0.3 is 0 Å². The summed E-state index contributed by atoms with van der Waals surface area (Å²) >= 11 is 0. The van der Waals surface area contributed by atoms with Crippen LogP contribution in [0.5, 0.6) is 0 Å². The van der Waals surface area contributed by atoms with Crippen molar-refractivity contribution in [1.82, 2.24) is 0 Å². The van der Waals surface area contributed by atoms with Crippen LogP contribution in [0.4, 0.5) is 11.4 Å². The Morgan fingerprint density at radius 1 is 0.556 bits per heavy atom. The van der Waals surface area contributed by atoms with Crippen LogP contribution in [0.3, 0.4) is 0 Å². The summed E-state index contributed by atoms with van der Waals surface area (Å²) in [6.45, 7) is 4.76. The standard InChI is InChI=1S/C53H43N/c1-52(2)48-25-15-13-23-44(48)46-33-31-43(36-51(46)52)54(41-29-27-38(28-30-41)37-17-7-5-8-18-37)42-32-34-50-47(35-42)45-24-14-16-26-49(45)53(50,40-21-11-6-12-22-40)39-19-9-3-4-10-20-39/h3-19,21-29,31-36,41H,20,30H2,1-2H3. The lowest BCUT2D eigenvalue weighted by Gasteiger charge is -2.37. The molecule has 0 aliphatic heterocycles. The highest BCUT2D eigenvalue weighted by Crippen LogP contribution is 2.58. The highest BCUT2D eigenvalue weighted by molar-refractivity contribution is 5.90. The van der Waals surface area contributed by atoms with E-state index in [1.165, 1.54) is 78.2 Å². The number of hydrogen-bond donors (Lipinski definition) is 0. The van der Waals surface area contributed by atoms with Crippen LogP contribution in [0.2, 0.25) is 0 Å². The highest BCUT2D eigenvalue weighted by Gasteiger charge is 2.47. The molecular weight excluding hydrogens is 651 g/mol. The Labute approximate surface area is 319 Å². The molecule has 6 aromatic rings. The van der Waals surface area contributed by atoms with Gasteiger partial charge in [0.15, 0.2) is 0 Å². The predicted molar refractivity (Wildman–Crippen MR) is 227 cm³/mol. The molecule has 2 unspecified atom stereocenters. The zero-order valence-corrected chi connectivity index (χ0v) is 30.9. The lowest BCUT2D eigenvalue weighted by Crippen LogP contribution is -2.31. The van der Waals surface area contributed by atoms with Crippen LogP contribution in [0.25, 0.3) is 27.8 Å². The third-order valence-corrected chi connectivity index (χ3v) is 12.3. The normalized spacial score (nSPS) is 19.9. The summed E-state index contributed by atoms with van der Waals surface area (Å²) in [5, 5.41) is 0. The molecule has 1 nitrogen and oxygen atoms in total. The molecule has 0 aromatic heterocycles. The molecule has 0 fully saturated rings. The molecule has 4 aliphatic carbocycles. The fourth-order valence-corrected chi connectivity index (χ4v) is 9.83. The lowest BCUT2D eigenvalue weighted by atomic mass is 9.66. The number of allylic oxidation sites excluding steroid dienone is 8. The van der Waals surface area contributed by atoms with E-state index in [1.54, 1.807) is 0 Å². The molecule has 10 rings (SSSR count). The van der Waals surface area contributed by atoms with Crippen molar-refractivity contribution in [2.75, 3.05) is 4.90 Å². The molecule has 0 spiro atoms. The number of nitrogens with zero attached hydrogens (tertiary/aromatic N) is 1. The van der Waals surface area contributed by atoms with Gasteiger partial charge in [0.25, 0.3) is 0 Å². The number of fused-ring (bicyclic) bond motifs is 6. The second-order valence-corrected chi connectivity index (χ2v) is 15.6. The van der Waals surface area contributed by atoms with E-state index in [9.17, 15) is 0 Å². The van der Waals surface area contributed by atoms with Crippen LogP contribution in [0.15, 0.2) is 200 Å². The molecule has 0 amide bonds. The summed E-state index contributed by atoms with van der Waals surface area (Å²) in [6, 6.07) is 54.6. The summed E-state index contributed by atoms with van der Waals surface area (Å²) in [5.74, 6) is 0. The summed E-state index contributed by atoms with van der Waals surface area (Å²) < 4.78 is 0. The minimum absolute atomic E-state index is 0.0854. The van der Waals surface area contributed by atoms with Crippen molar-refractivity contribution < 1.29 is 0 Å². The Bertz CT molecular complexity index is 2580. The monoisotopic (exact) mass is 693 g/mol. The van der Waals surface area contributed by atoms with Gasteiger partial charge in [0.05, 0.1) is 11.5 Å². The summed E-state index contributed by atoms with van der Waals surface area (Å²) in [5.41, 5.74) is 18.0. The van der Waals surface area contributed by atoms with Gasteiger partial charge in [0.2, 0.25) is 0 Å². The largest absolute Gasteiger partial charge is 0.334 e. The molecule has 0 heterocycles. The van der Waals surface area contributed by atoms with E-state index in [0.717, 1.165) is 12.8 Å². The fourth-order valence-electron chi connectivity index (χ4n) is 9.83. The zero-order chi connectivity index (χ0) is 36.3. The predicted octanol–water partition coefficient (Wildman–Crippen LogP) is 13.3. The van der Waals surface area contributed by atoms with Crippen molar-refractivity contribution >= 4 is 16.9 Å². The average Bonchev–Trinajstić information content (AvgIpc) is 3.44. The first-order valence-corrected chi connectivity index (χ1v) is 19.4. The second-order valence-electron chi connectivity index (χ2n) is 15.6. The van der Waals surface area contributed by atoms with Crippen molar-refractivity contribution in [2.45, 2.75) is 43.6 Å². The smallest absolute Gasteiger partial charge is 0.0679 e. The Kier molecular flexibility index (Phi) is 7.66. The molecular formula is C53H43N. The minimum atomic E-state index is -0.392. The molecule has 1 heteroatoms. The summed E-state index contributed by atoms with van der Waals surface area (Å²) in [4.78, 5) is 2.59. The van der Waals surface area contributed by atoms with Crippen LogP contribution in [0.1, 0.15) is 60.1 Å². The third-order valence-electron chi connectivity index (χ3n) is 12.3. The van der Waals surface area contributed by atoms with Gasteiger partial charge in [-0.2, -0.15) is 0 Å². The second kappa shape index (κ2) is 12.7. The molecule has 54 heavy (non-hydrogen) atoms. The van der Waals surface area contributed by atoms with Gasteiger partial charge in [-0.3, -0.25) is 0 Å². The van der Waals surface area contributed by atoms with Gasteiger partial charge in [0.1, 0.15) is 0 Å². The van der Waals surface area contributed by atoms with Crippen molar-refractivity contribution in [1.29, 1.82) is 0 Å². The quantitative estimate of drug-likeness (QED) is 0.168. The molecule has 2 atom stereocenters. The van der Waals surface area contributed by atoms with Crippen molar-refractivity contribution in [3.05, 3.63) is 233 Å².